The molecule has 0 saturated carbocycles. The molecule has 27 heavy (non-hydrogen) atoms. The third kappa shape index (κ3) is 2.55. The maximum absolute atomic E-state index is 12.8. The van der Waals surface area contributed by atoms with Gasteiger partial charge in [0.05, 0.1) is 18.0 Å². The van der Waals surface area contributed by atoms with Crippen LogP contribution < -0.4 is 0 Å². The molecule has 0 saturated heterocycles. The molecule has 2 atom stereocenters. The predicted octanol–water partition coefficient (Wildman–Crippen LogP) is 5.63. The van der Waals surface area contributed by atoms with Gasteiger partial charge in [-0.25, -0.2) is 4.85 Å². The van der Waals surface area contributed by atoms with E-state index in [2.05, 4.69) is 17.8 Å². The zero-order valence-corrected chi connectivity index (χ0v) is 16.5. The minimum absolute atomic E-state index is 0.0503. The molecule has 4 rings (SSSR count). The number of benzene rings is 1. The quantitative estimate of drug-likeness (QED) is 0.604. The van der Waals surface area contributed by atoms with E-state index in [0.29, 0.717) is 5.02 Å². The number of Topliss-reactive ketones (excluding diaryl/α,β-unsaturated/α-hetero) is 1. The Morgan fingerprint density at radius 1 is 1.19 bits per heavy atom. The summed E-state index contributed by atoms with van der Waals surface area (Å²) in [5.41, 5.74) is 3.09. The normalized spacial score (nSPS) is 25.8. The highest BCUT2D eigenvalue weighted by Crippen LogP contribution is 2.54. The fourth-order valence-electron chi connectivity index (χ4n) is 4.94. The number of aromatic nitrogens is 1. The second kappa shape index (κ2) is 6.04. The number of carbonyl (C=O) groups is 1. The lowest BCUT2D eigenvalue weighted by Gasteiger charge is -2.50. The van der Waals surface area contributed by atoms with Crippen LogP contribution in [0.2, 0.25) is 5.02 Å². The molecule has 0 unspecified atom stereocenters. The van der Waals surface area contributed by atoms with E-state index in [1.54, 1.807) is 0 Å². The first-order valence-corrected chi connectivity index (χ1v) is 9.57. The van der Waals surface area contributed by atoms with E-state index < -0.39 is 10.8 Å². The Hall–Kier alpha value is -2.44. The number of rotatable bonds is 1. The lowest BCUT2D eigenvalue weighted by atomic mass is 9.53. The fraction of sp³-hybridized carbons (Fsp3) is 0.348. The van der Waals surface area contributed by atoms with Gasteiger partial charge in [0.15, 0.2) is 5.78 Å². The van der Waals surface area contributed by atoms with Crippen LogP contribution in [0.25, 0.3) is 16.1 Å². The Bertz CT molecular complexity index is 1030. The van der Waals surface area contributed by atoms with E-state index in [0.717, 1.165) is 29.8 Å². The van der Waals surface area contributed by atoms with E-state index in [4.69, 9.17) is 23.2 Å². The number of nitrogens with zero attached hydrogens (tertiary/aromatic N) is 2. The minimum atomic E-state index is -0.580. The summed E-state index contributed by atoms with van der Waals surface area (Å²) in [6, 6.07) is 11.8. The van der Waals surface area contributed by atoms with E-state index >= 15 is 0 Å². The van der Waals surface area contributed by atoms with Gasteiger partial charge < -0.3 is 4.79 Å². The highest BCUT2D eigenvalue weighted by molar-refractivity contribution is 6.33. The van der Waals surface area contributed by atoms with Crippen molar-refractivity contribution < 1.29 is 4.79 Å². The Kier molecular flexibility index (Phi) is 4.01. The van der Waals surface area contributed by atoms with Crippen molar-refractivity contribution in [3.63, 3.8) is 0 Å². The molecule has 0 bridgehead atoms. The summed E-state index contributed by atoms with van der Waals surface area (Å²) in [4.78, 5) is 21.4. The van der Waals surface area contributed by atoms with Crippen LogP contribution in [0.4, 0.5) is 0 Å². The smallest absolute Gasteiger partial charge is 0.226 e. The third-order valence-electron chi connectivity index (χ3n) is 6.31. The lowest BCUT2D eigenvalue weighted by Crippen LogP contribution is -2.51. The zero-order valence-electron chi connectivity index (χ0n) is 15.7. The number of fused-ring (bicyclic) bond motifs is 3. The first-order valence-electron chi connectivity index (χ1n) is 9.19. The summed E-state index contributed by atoms with van der Waals surface area (Å²) >= 11 is 6.39. The van der Waals surface area contributed by atoms with Crippen LogP contribution in [0.5, 0.6) is 0 Å². The third-order valence-corrected chi connectivity index (χ3v) is 6.64. The van der Waals surface area contributed by atoms with Crippen LogP contribution >= 0.6 is 11.6 Å². The molecule has 2 aromatic rings. The second-order valence-electron chi connectivity index (χ2n) is 8.25. The van der Waals surface area contributed by atoms with Crippen molar-refractivity contribution in [2.24, 2.45) is 11.3 Å². The first kappa shape index (κ1) is 17.9. The summed E-state index contributed by atoms with van der Waals surface area (Å²) in [5.74, 6) is 0.0650. The van der Waals surface area contributed by atoms with Crippen LogP contribution in [0.15, 0.2) is 48.2 Å². The highest BCUT2D eigenvalue weighted by atomic mass is 35.5. The molecule has 1 heterocycles. The van der Waals surface area contributed by atoms with Crippen molar-refractivity contribution in [1.82, 2.24) is 4.98 Å². The van der Waals surface area contributed by atoms with Crippen molar-refractivity contribution in [3.8, 4) is 11.3 Å². The van der Waals surface area contributed by atoms with Crippen molar-refractivity contribution >= 4 is 17.4 Å². The van der Waals surface area contributed by atoms with Gasteiger partial charge in [-0.3, -0.25) is 4.98 Å². The number of pyridine rings is 1. The maximum atomic E-state index is 12.8. The zero-order chi connectivity index (χ0) is 19.4. The monoisotopic (exact) mass is 376 g/mol. The summed E-state index contributed by atoms with van der Waals surface area (Å²) in [5, 5.41) is 0.666. The predicted molar refractivity (Wildman–Crippen MR) is 107 cm³/mol. The first-order chi connectivity index (χ1) is 12.8. The molecular weight excluding hydrogens is 356 g/mol. The number of aryl methyl sites for hydroxylation is 1. The van der Waals surface area contributed by atoms with Gasteiger partial charge in [0, 0.05) is 21.4 Å². The molecule has 0 amide bonds. The average molecular weight is 377 g/mol. The number of ketones is 1. The van der Waals surface area contributed by atoms with Crippen molar-refractivity contribution in [2.75, 3.05) is 0 Å². The molecule has 1 aromatic heterocycles. The fourth-order valence-corrected chi connectivity index (χ4v) is 5.17. The largest absolute Gasteiger partial charge is 0.307 e. The van der Waals surface area contributed by atoms with Gasteiger partial charge in [-0.1, -0.05) is 62.7 Å². The van der Waals surface area contributed by atoms with Crippen LogP contribution in [-0.4, -0.2) is 10.8 Å². The van der Waals surface area contributed by atoms with Gasteiger partial charge in [-0.2, -0.15) is 0 Å². The topological polar surface area (TPSA) is 34.3 Å². The SMILES string of the molecule is [C-]#[N+]C1=C[C@]2(C)c3nc(-c4ccccc4Cl)ccc3CC[C@H]2C(C)(C)C1=O. The average Bonchev–Trinajstić information content (AvgIpc) is 2.65. The molecular formula is C23H21ClN2O. The molecule has 1 aromatic carbocycles. The Morgan fingerprint density at radius 2 is 1.93 bits per heavy atom. The van der Waals surface area contributed by atoms with E-state index in [-0.39, 0.29) is 17.4 Å². The number of carbonyl (C=O) groups excluding carboxylic acids is 1. The summed E-state index contributed by atoms with van der Waals surface area (Å²) in [6.45, 7) is 13.6. The maximum Gasteiger partial charge on any atom is 0.226 e. The van der Waals surface area contributed by atoms with E-state index in [1.807, 2.05) is 50.3 Å². The Balaban J connectivity index is 1.95. The molecule has 3 nitrogen and oxygen atoms in total. The summed E-state index contributed by atoms with van der Waals surface area (Å²) in [7, 11) is 0. The van der Waals surface area contributed by atoms with Crippen LogP contribution in [0.1, 0.15) is 38.4 Å². The summed E-state index contributed by atoms with van der Waals surface area (Å²) < 4.78 is 0. The van der Waals surface area contributed by atoms with Crippen LogP contribution in [0.3, 0.4) is 0 Å². The molecule has 0 N–H and O–H groups in total. The van der Waals surface area contributed by atoms with Crippen molar-refractivity contribution in [3.05, 3.63) is 75.9 Å². The van der Waals surface area contributed by atoms with Crippen LogP contribution in [0, 0.1) is 17.9 Å². The standard InChI is InChI=1S/C23H21ClN2O/c1-22(2)19-12-10-14-9-11-17(15-7-5-6-8-16(15)24)26-20(14)23(19,3)13-18(25-4)21(22)27/h5-9,11,13,19H,10,12H2,1-3H3/t19-,23-/m0/s1. The summed E-state index contributed by atoms with van der Waals surface area (Å²) in [6.07, 6.45) is 3.67. The van der Waals surface area contributed by atoms with E-state index in [1.165, 1.54) is 5.56 Å². The van der Waals surface area contributed by atoms with Crippen molar-refractivity contribution in [2.45, 2.75) is 39.0 Å². The lowest BCUT2D eigenvalue weighted by molar-refractivity contribution is -0.128. The number of hydrogen-bond donors (Lipinski definition) is 0. The van der Waals surface area contributed by atoms with Gasteiger partial charge in [-0.05, 0) is 36.5 Å². The van der Waals surface area contributed by atoms with Gasteiger partial charge in [0.2, 0.25) is 5.70 Å². The Labute approximate surface area is 164 Å². The van der Waals surface area contributed by atoms with Crippen LogP contribution in [-0.2, 0) is 16.6 Å². The van der Waals surface area contributed by atoms with Gasteiger partial charge in [0.1, 0.15) is 0 Å². The molecule has 2 aliphatic rings. The molecule has 0 radical (unpaired) electrons. The molecule has 136 valence electrons. The molecule has 0 fully saturated rings. The van der Waals surface area contributed by atoms with Gasteiger partial charge in [0.25, 0.3) is 0 Å². The highest BCUT2D eigenvalue weighted by Gasteiger charge is 2.54. The number of hydrogen-bond acceptors (Lipinski definition) is 2. The van der Waals surface area contributed by atoms with E-state index in [9.17, 15) is 4.79 Å². The number of allylic oxidation sites excluding steroid dienone is 2. The second-order valence-corrected chi connectivity index (χ2v) is 8.66. The molecule has 2 aliphatic carbocycles. The Morgan fingerprint density at radius 3 is 2.63 bits per heavy atom. The van der Waals surface area contributed by atoms with Crippen molar-refractivity contribution in [1.29, 1.82) is 0 Å². The molecule has 4 heteroatoms. The number of halogens is 1. The van der Waals surface area contributed by atoms with Gasteiger partial charge >= 0.3 is 0 Å². The minimum Gasteiger partial charge on any atom is -0.307 e. The van der Waals surface area contributed by atoms with Gasteiger partial charge in [-0.15, -0.1) is 0 Å². The molecule has 0 aliphatic heterocycles. The molecule has 0 spiro atoms.